The Balaban J connectivity index is 3.46. The molecule has 0 heterocycles. The van der Waals surface area contributed by atoms with E-state index in [0.29, 0.717) is 12.1 Å². The van der Waals surface area contributed by atoms with Gasteiger partial charge in [0, 0.05) is 18.7 Å². The summed E-state index contributed by atoms with van der Waals surface area (Å²) in [6, 6.07) is 1.94. The number of hydrogen-bond donors (Lipinski definition) is 2. The summed E-state index contributed by atoms with van der Waals surface area (Å²) in [7, 11) is 0. The molecule has 1 aromatic carbocycles. The van der Waals surface area contributed by atoms with Gasteiger partial charge in [-0.25, -0.2) is 0 Å². The van der Waals surface area contributed by atoms with Crippen LogP contribution < -0.4 is 5.73 Å². The molecule has 8 heteroatoms. The number of nitrogens with zero attached hydrogens (tertiary/aromatic N) is 1. The van der Waals surface area contributed by atoms with Crippen LogP contribution in [-0.2, 0) is 11.8 Å². The van der Waals surface area contributed by atoms with Crippen molar-refractivity contribution in [2.24, 2.45) is 5.73 Å². The number of alkyl halides is 3. The number of non-ortho nitro benzene ring substituents is 1. The Labute approximate surface area is 100 Å². The Morgan fingerprint density at radius 3 is 2.22 bits per heavy atom. The van der Waals surface area contributed by atoms with Gasteiger partial charge in [-0.1, -0.05) is 0 Å². The summed E-state index contributed by atoms with van der Waals surface area (Å²) in [5, 5.41) is 20.3. The molecule has 0 saturated heterocycles. The van der Waals surface area contributed by atoms with E-state index in [0.717, 1.165) is 6.07 Å². The Bertz CT molecular complexity index is 472. The lowest BCUT2D eigenvalue weighted by Crippen LogP contribution is -2.31. The molecule has 0 aromatic heterocycles. The molecule has 0 amide bonds. The minimum atomic E-state index is -4.73. The van der Waals surface area contributed by atoms with Crippen LogP contribution >= 0.6 is 0 Å². The molecule has 3 N–H and O–H groups in total. The highest BCUT2D eigenvalue weighted by Gasteiger charge is 2.35. The van der Waals surface area contributed by atoms with Crippen molar-refractivity contribution in [3.05, 3.63) is 39.4 Å². The van der Waals surface area contributed by atoms with E-state index < -0.39 is 28.0 Å². The van der Waals surface area contributed by atoms with Gasteiger partial charge in [-0.3, -0.25) is 10.1 Å². The minimum absolute atomic E-state index is 0.244. The van der Waals surface area contributed by atoms with Gasteiger partial charge in [0.15, 0.2) is 0 Å². The predicted octanol–water partition coefficient (Wildman–Crippen LogP) is 1.78. The molecule has 100 valence electrons. The van der Waals surface area contributed by atoms with E-state index in [1.807, 2.05) is 0 Å². The molecule has 0 fully saturated rings. The summed E-state index contributed by atoms with van der Waals surface area (Å²) in [5.41, 5.74) is 1.28. The van der Waals surface area contributed by atoms with Crippen LogP contribution in [0.5, 0.6) is 0 Å². The molecule has 0 bridgehead atoms. The minimum Gasteiger partial charge on any atom is -0.384 e. The third-order valence-electron chi connectivity index (χ3n) is 2.48. The average Bonchev–Trinajstić information content (AvgIpc) is 2.27. The largest absolute Gasteiger partial charge is 0.416 e. The molecule has 0 aliphatic carbocycles. The quantitative estimate of drug-likeness (QED) is 0.643. The van der Waals surface area contributed by atoms with Crippen LogP contribution in [0.15, 0.2) is 18.2 Å². The lowest BCUT2D eigenvalue weighted by molar-refractivity contribution is -0.385. The van der Waals surface area contributed by atoms with Crippen molar-refractivity contribution in [1.29, 1.82) is 0 Å². The van der Waals surface area contributed by atoms with E-state index in [9.17, 15) is 28.4 Å². The highest BCUT2D eigenvalue weighted by atomic mass is 19.4. The Morgan fingerprint density at radius 1 is 1.33 bits per heavy atom. The van der Waals surface area contributed by atoms with E-state index >= 15 is 0 Å². The second kappa shape index (κ2) is 4.54. The van der Waals surface area contributed by atoms with Gasteiger partial charge < -0.3 is 10.8 Å². The van der Waals surface area contributed by atoms with Crippen molar-refractivity contribution in [3.63, 3.8) is 0 Å². The zero-order valence-corrected chi connectivity index (χ0v) is 9.36. The fraction of sp³-hybridized carbons (Fsp3) is 0.400. The molecular weight excluding hydrogens is 253 g/mol. The summed E-state index contributed by atoms with van der Waals surface area (Å²) in [4.78, 5) is 9.62. The Hall–Kier alpha value is -1.67. The lowest BCUT2D eigenvalue weighted by Gasteiger charge is -2.22. The van der Waals surface area contributed by atoms with Crippen LogP contribution in [0.25, 0.3) is 0 Å². The smallest absolute Gasteiger partial charge is 0.384 e. The van der Waals surface area contributed by atoms with Gasteiger partial charge in [-0.05, 0) is 18.6 Å². The molecule has 0 radical (unpaired) electrons. The normalized spacial score (nSPS) is 15.2. The zero-order chi connectivity index (χ0) is 14.1. The van der Waals surface area contributed by atoms with Crippen LogP contribution in [0.4, 0.5) is 18.9 Å². The Kier molecular flexibility index (Phi) is 3.63. The number of nitrogens with two attached hydrogens (primary N) is 1. The molecule has 1 atom stereocenters. The van der Waals surface area contributed by atoms with Gasteiger partial charge in [0.2, 0.25) is 0 Å². The van der Waals surface area contributed by atoms with Gasteiger partial charge in [-0.15, -0.1) is 0 Å². The topological polar surface area (TPSA) is 89.4 Å². The van der Waals surface area contributed by atoms with E-state index in [2.05, 4.69) is 0 Å². The monoisotopic (exact) mass is 264 g/mol. The van der Waals surface area contributed by atoms with Crippen molar-refractivity contribution in [3.8, 4) is 0 Å². The maximum absolute atomic E-state index is 12.6. The molecule has 0 aliphatic heterocycles. The second-order valence-corrected chi connectivity index (χ2v) is 4.00. The van der Waals surface area contributed by atoms with Crippen LogP contribution in [0.2, 0.25) is 0 Å². The molecule has 0 aliphatic rings. The maximum Gasteiger partial charge on any atom is 0.416 e. The molecule has 1 aromatic rings. The van der Waals surface area contributed by atoms with Gasteiger partial charge in [0.25, 0.3) is 5.69 Å². The van der Waals surface area contributed by atoms with Crippen LogP contribution in [0, 0.1) is 10.1 Å². The van der Waals surface area contributed by atoms with Crippen LogP contribution in [-0.4, -0.2) is 16.6 Å². The summed E-state index contributed by atoms with van der Waals surface area (Å²) in [6.45, 7) is 0.831. The maximum atomic E-state index is 12.6. The van der Waals surface area contributed by atoms with Crippen molar-refractivity contribution in [2.75, 3.05) is 6.54 Å². The Morgan fingerprint density at radius 2 is 1.83 bits per heavy atom. The molecule has 5 nitrogen and oxygen atoms in total. The van der Waals surface area contributed by atoms with Crippen molar-refractivity contribution >= 4 is 5.69 Å². The highest BCUT2D eigenvalue weighted by Crippen LogP contribution is 2.35. The fourth-order valence-corrected chi connectivity index (χ4v) is 1.31. The van der Waals surface area contributed by atoms with Gasteiger partial charge in [-0.2, -0.15) is 13.2 Å². The first kappa shape index (κ1) is 14.4. The molecule has 0 saturated carbocycles. The number of benzene rings is 1. The van der Waals surface area contributed by atoms with E-state index in [1.165, 1.54) is 6.92 Å². The van der Waals surface area contributed by atoms with E-state index in [4.69, 9.17) is 5.73 Å². The number of nitro benzene ring substituents is 1. The summed E-state index contributed by atoms with van der Waals surface area (Å²) in [5.74, 6) is 0. The number of nitro groups is 1. The summed E-state index contributed by atoms with van der Waals surface area (Å²) in [6.07, 6.45) is -4.73. The highest BCUT2D eigenvalue weighted by molar-refractivity contribution is 5.42. The van der Waals surface area contributed by atoms with Crippen molar-refractivity contribution in [1.82, 2.24) is 0 Å². The van der Waals surface area contributed by atoms with Crippen molar-refractivity contribution < 1.29 is 23.2 Å². The molecule has 0 spiro atoms. The second-order valence-electron chi connectivity index (χ2n) is 4.00. The summed E-state index contributed by atoms with van der Waals surface area (Å²) < 4.78 is 37.7. The molecule has 18 heavy (non-hydrogen) atoms. The van der Waals surface area contributed by atoms with Crippen LogP contribution in [0.1, 0.15) is 18.1 Å². The zero-order valence-electron chi connectivity index (χ0n) is 9.36. The molecule has 1 unspecified atom stereocenters. The third-order valence-corrected chi connectivity index (χ3v) is 2.48. The van der Waals surface area contributed by atoms with E-state index in [-0.39, 0.29) is 12.1 Å². The fourth-order valence-electron chi connectivity index (χ4n) is 1.31. The summed E-state index contributed by atoms with van der Waals surface area (Å²) >= 11 is 0. The third kappa shape index (κ3) is 2.96. The van der Waals surface area contributed by atoms with E-state index in [1.54, 1.807) is 0 Å². The molecule has 1 rings (SSSR count). The predicted molar refractivity (Wildman–Crippen MR) is 56.7 cm³/mol. The van der Waals surface area contributed by atoms with Gasteiger partial charge in [0.1, 0.15) is 0 Å². The van der Waals surface area contributed by atoms with Gasteiger partial charge in [0.05, 0.1) is 16.1 Å². The average molecular weight is 264 g/mol. The lowest BCUT2D eigenvalue weighted by atomic mass is 9.94. The first-order valence-corrected chi connectivity index (χ1v) is 4.87. The SMILES string of the molecule is CC(O)(CN)c1cc([N+](=O)[O-])cc(C(F)(F)F)c1. The molecular formula is C10H11F3N2O3. The first-order chi connectivity index (χ1) is 8.08. The number of halogens is 3. The van der Waals surface area contributed by atoms with Crippen molar-refractivity contribution in [2.45, 2.75) is 18.7 Å². The number of aliphatic hydroxyl groups is 1. The number of rotatable bonds is 3. The van der Waals surface area contributed by atoms with Crippen LogP contribution in [0.3, 0.4) is 0 Å². The first-order valence-electron chi connectivity index (χ1n) is 4.87. The van der Waals surface area contributed by atoms with Gasteiger partial charge >= 0.3 is 6.18 Å². The standard InChI is InChI=1S/C10H11F3N2O3/c1-9(16,5-14)6-2-7(10(11,12)13)4-8(3-6)15(17)18/h2-4,16H,5,14H2,1H3. The number of hydrogen-bond acceptors (Lipinski definition) is 4.